The second kappa shape index (κ2) is 9.25. The number of carbonyl (C=O) groups excluding carboxylic acids is 2. The Hall–Kier alpha value is -4.36. The third kappa shape index (κ3) is 5.16. The number of aromatic nitrogens is 3. The van der Waals surface area contributed by atoms with Crippen molar-refractivity contribution in [3.05, 3.63) is 65.9 Å². The number of nitrogens with zero attached hydrogens (tertiary/aromatic N) is 4. The summed E-state index contributed by atoms with van der Waals surface area (Å²) in [6, 6.07) is 16.5. The molecule has 0 bridgehead atoms. The molecular weight excluding hydrogens is 450 g/mol. The summed E-state index contributed by atoms with van der Waals surface area (Å²) in [4.78, 5) is 37.7. The maximum absolute atomic E-state index is 12.8. The van der Waals surface area contributed by atoms with Crippen molar-refractivity contribution in [2.45, 2.75) is 26.2 Å². The van der Waals surface area contributed by atoms with Gasteiger partial charge in [0, 0.05) is 23.9 Å². The van der Waals surface area contributed by atoms with E-state index in [-0.39, 0.29) is 11.8 Å². The van der Waals surface area contributed by atoms with Gasteiger partial charge in [-0.2, -0.15) is 10.2 Å². The Morgan fingerprint density at radius 1 is 1.03 bits per heavy atom. The number of anilines is 4. The summed E-state index contributed by atoms with van der Waals surface area (Å²) in [6.07, 6.45) is 1.58. The molecule has 0 aliphatic rings. The minimum Gasteiger partial charge on any atom is -0.324 e. The van der Waals surface area contributed by atoms with Crippen LogP contribution in [0.25, 0.3) is 10.3 Å². The third-order valence-electron chi connectivity index (χ3n) is 4.94. The number of carbonyl (C=O) groups is 2. The summed E-state index contributed by atoms with van der Waals surface area (Å²) < 4.78 is 0. The molecule has 34 heavy (non-hydrogen) atoms. The lowest BCUT2D eigenvalue weighted by atomic mass is 9.85. The number of rotatable bonds is 6. The van der Waals surface area contributed by atoms with Gasteiger partial charge in [-0.1, -0.05) is 29.5 Å². The lowest BCUT2D eigenvalue weighted by Crippen LogP contribution is -2.17. The van der Waals surface area contributed by atoms with Gasteiger partial charge in [-0.3, -0.25) is 9.59 Å². The number of amides is 2. The number of benzene rings is 2. The molecule has 0 radical (unpaired) electrons. The molecule has 0 fully saturated rings. The lowest BCUT2D eigenvalue weighted by Gasteiger charge is -2.16. The van der Waals surface area contributed by atoms with E-state index in [0.29, 0.717) is 38.4 Å². The van der Waals surface area contributed by atoms with Gasteiger partial charge in [0.05, 0.1) is 17.7 Å². The number of thiazole rings is 1. The van der Waals surface area contributed by atoms with E-state index >= 15 is 0 Å². The number of nitriles is 1. The Labute approximate surface area is 199 Å². The fourth-order valence-electron chi connectivity index (χ4n) is 3.12. The van der Waals surface area contributed by atoms with E-state index in [9.17, 15) is 14.9 Å². The Kier molecular flexibility index (Phi) is 6.21. The highest BCUT2D eigenvalue weighted by Gasteiger charge is 2.21. The molecule has 0 saturated carbocycles. The van der Waals surface area contributed by atoms with Crippen molar-refractivity contribution in [2.75, 3.05) is 16.0 Å². The zero-order valence-corrected chi connectivity index (χ0v) is 19.5. The highest BCUT2D eigenvalue weighted by atomic mass is 32.1. The van der Waals surface area contributed by atoms with Crippen molar-refractivity contribution in [3.63, 3.8) is 0 Å². The summed E-state index contributed by atoms with van der Waals surface area (Å²) in [5.74, 6) is -0.120. The predicted octanol–water partition coefficient (Wildman–Crippen LogP) is 4.84. The van der Waals surface area contributed by atoms with E-state index in [1.54, 1.807) is 42.6 Å². The predicted molar refractivity (Wildman–Crippen MR) is 132 cm³/mol. The molecule has 2 aromatic heterocycles. The van der Waals surface area contributed by atoms with Crippen LogP contribution in [0.5, 0.6) is 0 Å². The maximum Gasteiger partial charge on any atom is 0.255 e. The summed E-state index contributed by atoms with van der Waals surface area (Å²) in [6.45, 7) is 5.04. The molecule has 10 heteroatoms. The smallest absolute Gasteiger partial charge is 0.255 e. The van der Waals surface area contributed by atoms with E-state index in [1.165, 1.54) is 18.3 Å². The molecule has 0 spiro atoms. The number of fused-ring (bicyclic) bond motifs is 1. The van der Waals surface area contributed by atoms with Crippen molar-refractivity contribution >= 4 is 56.0 Å². The van der Waals surface area contributed by atoms with Crippen molar-refractivity contribution in [1.29, 1.82) is 5.26 Å². The summed E-state index contributed by atoms with van der Waals surface area (Å²) in [5.41, 5.74) is 2.41. The molecule has 2 aromatic carbocycles. The molecule has 2 heterocycles. The monoisotopic (exact) mass is 471 g/mol. The van der Waals surface area contributed by atoms with Crippen LogP contribution in [-0.4, -0.2) is 26.8 Å². The summed E-state index contributed by atoms with van der Waals surface area (Å²) in [7, 11) is 0. The first-order valence-corrected chi connectivity index (χ1v) is 11.2. The molecule has 0 saturated heterocycles. The topological polar surface area (TPSA) is 133 Å². The highest BCUT2D eigenvalue weighted by Crippen LogP contribution is 2.26. The SMILES string of the molecule is CC(=O)Nc1nc2cnc(Nc3cccc(NC(=O)c4cccc(C(C)(C)C#N)c4)c3)nc2s1. The van der Waals surface area contributed by atoms with E-state index in [0.717, 1.165) is 5.56 Å². The van der Waals surface area contributed by atoms with Gasteiger partial charge in [0.1, 0.15) is 5.52 Å². The molecule has 0 atom stereocenters. The lowest BCUT2D eigenvalue weighted by molar-refractivity contribution is -0.114. The number of hydrogen-bond donors (Lipinski definition) is 3. The average molecular weight is 472 g/mol. The van der Waals surface area contributed by atoms with Crippen LogP contribution in [0.1, 0.15) is 36.7 Å². The van der Waals surface area contributed by atoms with Gasteiger partial charge in [0.25, 0.3) is 5.91 Å². The molecule has 9 nitrogen and oxygen atoms in total. The second-order valence-corrected chi connectivity index (χ2v) is 9.04. The molecule has 0 aliphatic heterocycles. The standard InChI is InChI=1S/C24H21N7O2S/c1-14(32)27-23-30-19-12-26-22(31-21(19)34-23)29-18-9-5-8-17(11-18)28-20(33)15-6-4-7-16(10-15)24(2,3)13-25/h4-12H,1-3H3,(H,28,33)(H,26,29,31)(H,27,30,32). The first-order chi connectivity index (χ1) is 16.2. The Bertz CT molecular complexity index is 1440. The van der Waals surface area contributed by atoms with Gasteiger partial charge >= 0.3 is 0 Å². The normalized spacial score (nSPS) is 11.0. The minimum atomic E-state index is -0.692. The van der Waals surface area contributed by atoms with Crippen LogP contribution in [0, 0.1) is 11.3 Å². The molecule has 4 aromatic rings. The van der Waals surface area contributed by atoms with E-state index in [1.807, 2.05) is 26.0 Å². The van der Waals surface area contributed by atoms with Crippen LogP contribution in [0.15, 0.2) is 54.7 Å². The molecule has 2 amide bonds. The molecular formula is C24H21N7O2S. The van der Waals surface area contributed by atoms with Gasteiger partial charge in [0.15, 0.2) is 9.96 Å². The van der Waals surface area contributed by atoms with Crippen LogP contribution in [0.2, 0.25) is 0 Å². The van der Waals surface area contributed by atoms with Crippen molar-refractivity contribution in [1.82, 2.24) is 15.0 Å². The van der Waals surface area contributed by atoms with E-state index in [2.05, 4.69) is 37.0 Å². The van der Waals surface area contributed by atoms with Crippen molar-refractivity contribution in [2.24, 2.45) is 0 Å². The maximum atomic E-state index is 12.8. The van der Waals surface area contributed by atoms with Crippen LogP contribution >= 0.6 is 11.3 Å². The Balaban J connectivity index is 1.49. The molecule has 170 valence electrons. The van der Waals surface area contributed by atoms with Crippen molar-refractivity contribution < 1.29 is 9.59 Å². The largest absolute Gasteiger partial charge is 0.324 e. The molecule has 0 unspecified atom stereocenters. The second-order valence-electron chi connectivity index (χ2n) is 8.06. The fraction of sp³-hybridized carbons (Fsp3) is 0.167. The third-order valence-corrected chi connectivity index (χ3v) is 5.82. The Morgan fingerprint density at radius 2 is 1.79 bits per heavy atom. The quantitative estimate of drug-likeness (QED) is 0.366. The van der Waals surface area contributed by atoms with E-state index < -0.39 is 5.41 Å². The van der Waals surface area contributed by atoms with Gasteiger partial charge in [0.2, 0.25) is 11.9 Å². The highest BCUT2D eigenvalue weighted by molar-refractivity contribution is 7.21. The first kappa shape index (κ1) is 22.8. The zero-order valence-electron chi connectivity index (χ0n) is 18.7. The molecule has 0 aliphatic carbocycles. The van der Waals surface area contributed by atoms with Gasteiger partial charge in [-0.15, -0.1) is 0 Å². The fourth-order valence-corrected chi connectivity index (χ4v) is 3.98. The number of nitrogens with one attached hydrogen (secondary N) is 3. The molecule has 3 N–H and O–H groups in total. The van der Waals surface area contributed by atoms with Crippen LogP contribution < -0.4 is 16.0 Å². The van der Waals surface area contributed by atoms with Crippen molar-refractivity contribution in [3.8, 4) is 6.07 Å². The summed E-state index contributed by atoms with van der Waals surface area (Å²) >= 11 is 1.25. The zero-order chi connectivity index (χ0) is 24.3. The molecule has 4 rings (SSSR count). The first-order valence-electron chi connectivity index (χ1n) is 10.3. The number of hydrogen-bond acceptors (Lipinski definition) is 8. The minimum absolute atomic E-state index is 0.204. The van der Waals surface area contributed by atoms with Gasteiger partial charge in [-0.25, -0.2) is 9.97 Å². The van der Waals surface area contributed by atoms with Gasteiger partial charge in [-0.05, 0) is 49.7 Å². The van der Waals surface area contributed by atoms with E-state index in [4.69, 9.17) is 0 Å². The summed E-state index contributed by atoms with van der Waals surface area (Å²) in [5, 5.41) is 18.5. The van der Waals surface area contributed by atoms with Crippen LogP contribution in [0.3, 0.4) is 0 Å². The van der Waals surface area contributed by atoms with Crippen LogP contribution in [0.4, 0.5) is 22.5 Å². The average Bonchev–Trinajstić information content (AvgIpc) is 3.20. The van der Waals surface area contributed by atoms with Crippen LogP contribution in [-0.2, 0) is 10.2 Å². The Morgan fingerprint density at radius 3 is 2.56 bits per heavy atom. The van der Waals surface area contributed by atoms with Gasteiger partial charge < -0.3 is 16.0 Å².